The molecule has 0 heterocycles. The first kappa shape index (κ1) is 13.0. The van der Waals surface area contributed by atoms with Crippen molar-refractivity contribution in [1.29, 1.82) is 0 Å². The van der Waals surface area contributed by atoms with Crippen LogP contribution < -0.4 is 5.73 Å². The molecule has 5 heteroatoms. The first-order chi connectivity index (χ1) is 8.33. The van der Waals surface area contributed by atoms with E-state index in [0.29, 0.717) is 5.56 Å². The van der Waals surface area contributed by atoms with Gasteiger partial charge in [0.2, 0.25) is 0 Å². The number of alkyl halides is 2. The van der Waals surface area contributed by atoms with Crippen LogP contribution in [-0.4, -0.2) is 17.0 Å². The molecular weight excluding hydrogens is 240 g/mol. The minimum absolute atomic E-state index is 0.00366. The van der Waals surface area contributed by atoms with Gasteiger partial charge in [0, 0.05) is 12.3 Å². The lowest BCUT2D eigenvalue weighted by atomic mass is 9.83. The number of carbonyl (C=O) groups is 1. The van der Waals surface area contributed by atoms with E-state index in [-0.39, 0.29) is 19.3 Å². The molecule has 1 fully saturated rings. The first-order valence-corrected chi connectivity index (χ1v) is 5.77. The predicted octanol–water partition coefficient (Wildman–Crippen LogP) is 2.36. The van der Waals surface area contributed by atoms with E-state index in [1.165, 1.54) is 0 Å². The zero-order valence-corrected chi connectivity index (χ0v) is 9.77. The van der Waals surface area contributed by atoms with E-state index < -0.39 is 23.3 Å². The maximum Gasteiger partial charge on any atom is 0.305 e. The number of aliphatic carboxylic acids is 1. The van der Waals surface area contributed by atoms with Crippen molar-refractivity contribution in [3.8, 4) is 0 Å². The molecule has 0 amide bonds. The summed E-state index contributed by atoms with van der Waals surface area (Å²) >= 11 is 0. The highest BCUT2D eigenvalue weighted by atomic mass is 19.3. The Morgan fingerprint density at radius 2 is 2.00 bits per heavy atom. The summed E-state index contributed by atoms with van der Waals surface area (Å²) in [5.41, 5.74) is 5.44. The molecule has 2 atom stereocenters. The van der Waals surface area contributed by atoms with E-state index in [1.54, 1.807) is 30.3 Å². The van der Waals surface area contributed by atoms with Gasteiger partial charge in [-0.15, -0.1) is 0 Å². The molecule has 1 aromatic carbocycles. The van der Waals surface area contributed by atoms with Crippen molar-refractivity contribution in [2.75, 3.05) is 0 Å². The monoisotopic (exact) mass is 255 g/mol. The predicted molar refractivity (Wildman–Crippen MR) is 62.2 cm³/mol. The summed E-state index contributed by atoms with van der Waals surface area (Å²) in [6.07, 6.45) is -0.543. The van der Waals surface area contributed by atoms with Crippen LogP contribution in [-0.2, 0) is 10.3 Å². The van der Waals surface area contributed by atoms with E-state index in [1.807, 2.05) is 0 Å². The fourth-order valence-electron chi connectivity index (χ4n) is 2.26. The molecular formula is C13H15F2NO2. The summed E-state index contributed by atoms with van der Waals surface area (Å²) in [6.45, 7) is 0. The number of nitrogens with two attached hydrogens (primary N) is 1. The Balaban J connectivity index is 2.21. The number of rotatable bonds is 5. The molecule has 0 radical (unpaired) electrons. The van der Waals surface area contributed by atoms with Crippen LogP contribution in [0, 0.1) is 5.92 Å². The second kappa shape index (κ2) is 4.31. The molecule has 0 saturated heterocycles. The Morgan fingerprint density at radius 1 is 1.44 bits per heavy atom. The highest BCUT2D eigenvalue weighted by molar-refractivity contribution is 5.69. The number of carboxylic acid groups (broad SMARTS) is 1. The van der Waals surface area contributed by atoms with Crippen molar-refractivity contribution in [1.82, 2.24) is 0 Å². The van der Waals surface area contributed by atoms with Crippen molar-refractivity contribution in [3.63, 3.8) is 0 Å². The topological polar surface area (TPSA) is 63.3 Å². The number of carboxylic acids is 1. The fourth-order valence-corrected chi connectivity index (χ4v) is 2.26. The molecule has 3 nitrogen and oxygen atoms in total. The smallest absolute Gasteiger partial charge is 0.305 e. The molecule has 2 unspecified atom stereocenters. The van der Waals surface area contributed by atoms with E-state index in [9.17, 15) is 13.6 Å². The van der Waals surface area contributed by atoms with E-state index in [0.717, 1.165) is 0 Å². The highest BCUT2D eigenvalue weighted by Gasteiger charge is 2.58. The summed E-state index contributed by atoms with van der Waals surface area (Å²) in [4.78, 5) is 10.9. The lowest BCUT2D eigenvalue weighted by Gasteiger charge is -2.28. The Hall–Kier alpha value is -1.49. The van der Waals surface area contributed by atoms with Gasteiger partial charge in [0.15, 0.2) is 0 Å². The number of hydrogen-bond acceptors (Lipinski definition) is 2. The quantitative estimate of drug-likeness (QED) is 0.849. The van der Waals surface area contributed by atoms with Crippen LogP contribution >= 0.6 is 0 Å². The summed E-state index contributed by atoms with van der Waals surface area (Å²) < 4.78 is 26.0. The lowest BCUT2D eigenvalue weighted by molar-refractivity contribution is -0.138. The van der Waals surface area contributed by atoms with Crippen molar-refractivity contribution in [3.05, 3.63) is 35.9 Å². The maximum absolute atomic E-state index is 13.0. The molecule has 1 saturated carbocycles. The molecule has 1 aliphatic carbocycles. The Labute approximate surface area is 104 Å². The average Bonchev–Trinajstić information content (AvgIpc) is 2.85. The van der Waals surface area contributed by atoms with Crippen molar-refractivity contribution >= 4 is 5.97 Å². The van der Waals surface area contributed by atoms with Gasteiger partial charge in [-0.3, -0.25) is 4.79 Å². The van der Waals surface area contributed by atoms with Gasteiger partial charge in [-0.1, -0.05) is 30.3 Å². The SMILES string of the molecule is NC(CC(=O)O)(CC1CC1(F)F)c1ccccc1. The largest absolute Gasteiger partial charge is 0.481 e. The van der Waals surface area contributed by atoms with Gasteiger partial charge in [-0.05, 0) is 12.0 Å². The maximum atomic E-state index is 13.0. The highest BCUT2D eigenvalue weighted by Crippen LogP contribution is 2.53. The molecule has 0 bridgehead atoms. The zero-order chi connectivity index (χ0) is 13.4. The minimum atomic E-state index is -2.68. The second-order valence-corrected chi connectivity index (χ2v) is 4.96. The average molecular weight is 255 g/mol. The summed E-state index contributed by atoms with van der Waals surface area (Å²) in [6, 6.07) is 8.59. The van der Waals surface area contributed by atoms with E-state index in [4.69, 9.17) is 10.8 Å². The van der Waals surface area contributed by atoms with Gasteiger partial charge in [-0.25, -0.2) is 8.78 Å². The van der Waals surface area contributed by atoms with Gasteiger partial charge in [0.05, 0.1) is 12.0 Å². The van der Waals surface area contributed by atoms with Crippen LogP contribution in [0.15, 0.2) is 30.3 Å². The zero-order valence-electron chi connectivity index (χ0n) is 9.77. The Bertz CT molecular complexity index is 450. The van der Waals surface area contributed by atoms with Crippen molar-refractivity contribution < 1.29 is 18.7 Å². The van der Waals surface area contributed by atoms with Crippen LogP contribution in [0.3, 0.4) is 0 Å². The van der Waals surface area contributed by atoms with Gasteiger partial charge in [0.1, 0.15) is 0 Å². The number of halogens is 2. The number of hydrogen-bond donors (Lipinski definition) is 2. The Kier molecular flexibility index (Phi) is 3.11. The van der Waals surface area contributed by atoms with Crippen LogP contribution in [0.1, 0.15) is 24.8 Å². The van der Waals surface area contributed by atoms with Crippen LogP contribution in [0.25, 0.3) is 0 Å². The van der Waals surface area contributed by atoms with Gasteiger partial charge < -0.3 is 10.8 Å². The second-order valence-electron chi connectivity index (χ2n) is 4.96. The fraction of sp³-hybridized carbons (Fsp3) is 0.462. The Morgan fingerprint density at radius 3 is 2.44 bits per heavy atom. The summed E-state index contributed by atoms with van der Waals surface area (Å²) in [5.74, 6) is -4.56. The molecule has 0 aromatic heterocycles. The molecule has 3 N–H and O–H groups in total. The van der Waals surface area contributed by atoms with E-state index in [2.05, 4.69) is 0 Å². The van der Waals surface area contributed by atoms with Crippen LogP contribution in [0.5, 0.6) is 0 Å². The first-order valence-electron chi connectivity index (χ1n) is 5.77. The molecule has 98 valence electrons. The summed E-state index contributed by atoms with van der Waals surface area (Å²) in [5, 5.41) is 8.91. The third-order valence-electron chi connectivity index (χ3n) is 3.38. The number of benzene rings is 1. The van der Waals surface area contributed by atoms with E-state index >= 15 is 0 Å². The normalized spacial score (nSPS) is 24.3. The lowest BCUT2D eigenvalue weighted by Crippen LogP contribution is -2.40. The van der Waals surface area contributed by atoms with Gasteiger partial charge >= 0.3 is 5.97 Å². The molecule has 18 heavy (non-hydrogen) atoms. The van der Waals surface area contributed by atoms with Gasteiger partial charge in [-0.2, -0.15) is 0 Å². The van der Waals surface area contributed by atoms with Crippen LogP contribution in [0.2, 0.25) is 0 Å². The van der Waals surface area contributed by atoms with Crippen LogP contribution in [0.4, 0.5) is 8.78 Å². The van der Waals surface area contributed by atoms with Crippen molar-refractivity contribution in [2.45, 2.75) is 30.7 Å². The molecule has 1 aliphatic rings. The van der Waals surface area contributed by atoms with Crippen molar-refractivity contribution in [2.24, 2.45) is 11.7 Å². The molecule has 0 spiro atoms. The molecule has 0 aliphatic heterocycles. The molecule has 2 rings (SSSR count). The summed E-state index contributed by atoms with van der Waals surface area (Å²) in [7, 11) is 0. The van der Waals surface area contributed by atoms with Gasteiger partial charge in [0.25, 0.3) is 5.92 Å². The standard InChI is InChI=1S/C13H15F2NO2/c14-13(15)7-10(13)6-12(16,8-11(17)18)9-4-2-1-3-5-9/h1-5,10H,6-8,16H2,(H,17,18). The minimum Gasteiger partial charge on any atom is -0.481 e. The third-order valence-corrected chi connectivity index (χ3v) is 3.38. The molecule has 1 aromatic rings. The third kappa shape index (κ3) is 2.67.